The predicted molar refractivity (Wildman–Crippen MR) is 229 cm³/mol. The van der Waals surface area contributed by atoms with Crippen molar-refractivity contribution in [3.05, 3.63) is 218 Å². The molecule has 2 nitrogen and oxygen atoms in total. The Morgan fingerprint density at radius 2 is 0.926 bits per heavy atom. The molecule has 1 heterocycles. The van der Waals surface area contributed by atoms with Gasteiger partial charge in [-0.1, -0.05) is 170 Å². The fourth-order valence-corrected chi connectivity index (χ4v) is 8.03. The molecule has 0 fully saturated rings. The lowest BCUT2D eigenvalue weighted by Gasteiger charge is -2.27. The van der Waals surface area contributed by atoms with Gasteiger partial charge in [-0.15, -0.1) is 0 Å². The number of rotatable bonds is 7. The number of nitrogens with zero attached hydrogens (tertiary/aromatic N) is 2. The Morgan fingerprint density at radius 3 is 1.69 bits per heavy atom. The van der Waals surface area contributed by atoms with E-state index >= 15 is 0 Å². The fraction of sp³-hybridized carbons (Fsp3) is 0. The highest BCUT2D eigenvalue weighted by molar-refractivity contribution is 6.07. The van der Waals surface area contributed by atoms with Crippen molar-refractivity contribution in [3.8, 4) is 39.2 Å². The number of anilines is 3. The fourth-order valence-electron chi connectivity index (χ4n) is 8.03. The molecule has 0 saturated heterocycles. The topological polar surface area (TPSA) is 8.17 Å². The molecular weight excluding hydrogens is 653 g/mol. The second-order valence-corrected chi connectivity index (χ2v) is 13.8. The first-order chi connectivity index (χ1) is 26.8. The van der Waals surface area contributed by atoms with Gasteiger partial charge in [-0.25, -0.2) is 0 Å². The van der Waals surface area contributed by atoms with Crippen LogP contribution in [-0.4, -0.2) is 4.57 Å². The van der Waals surface area contributed by atoms with Crippen LogP contribution in [-0.2, 0) is 0 Å². The van der Waals surface area contributed by atoms with Crippen molar-refractivity contribution < 1.29 is 0 Å². The van der Waals surface area contributed by atoms with Crippen molar-refractivity contribution in [3.63, 3.8) is 0 Å². The highest BCUT2D eigenvalue weighted by Crippen LogP contribution is 2.45. The van der Waals surface area contributed by atoms with Gasteiger partial charge >= 0.3 is 0 Å². The van der Waals surface area contributed by atoms with Gasteiger partial charge in [-0.3, -0.25) is 0 Å². The van der Waals surface area contributed by atoms with Gasteiger partial charge in [0.05, 0.1) is 16.9 Å². The second-order valence-electron chi connectivity index (χ2n) is 13.8. The minimum absolute atomic E-state index is 1.11. The number of para-hydroxylation sites is 1. The third-order valence-corrected chi connectivity index (χ3v) is 10.6. The molecule has 0 spiro atoms. The molecule has 9 aromatic carbocycles. The van der Waals surface area contributed by atoms with E-state index in [0.29, 0.717) is 0 Å². The molecule has 0 atom stereocenters. The molecule has 0 bridgehead atoms. The summed E-state index contributed by atoms with van der Waals surface area (Å²) < 4.78 is 2.44. The van der Waals surface area contributed by atoms with Crippen LogP contribution < -0.4 is 4.90 Å². The Morgan fingerprint density at radius 1 is 0.333 bits per heavy atom. The van der Waals surface area contributed by atoms with Crippen molar-refractivity contribution in [2.45, 2.75) is 0 Å². The monoisotopic (exact) mass is 688 g/mol. The zero-order valence-corrected chi connectivity index (χ0v) is 29.7. The Balaban J connectivity index is 1.14. The summed E-state index contributed by atoms with van der Waals surface area (Å²) in [5, 5.41) is 6.11. The molecule has 10 rings (SSSR count). The van der Waals surface area contributed by atoms with Gasteiger partial charge < -0.3 is 9.47 Å². The average Bonchev–Trinajstić information content (AvgIpc) is 3.60. The summed E-state index contributed by atoms with van der Waals surface area (Å²) in [6, 6.07) is 78.9. The molecule has 2 heteroatoms. The average molecular weight is 689 g/mol. The normalized spacial score (nSPS) is 11.3. The van der Waals surface area contributed by atoms with Crippen LogP contribution in [0.15, 0.2) is 218 Å². The number of hydrogen-bond acceptors (Lipinski definition) is 1. The number of fused-ring (bicyclic) bond motifs is 3. The molecule has 10 aromatic rings. The summed E-state index contributed by atoms with van der Waals surface area (Å²) >= 11 is 0. The van der Waals surface area contributed by atoms with Gasteiger partial charge in [0.15, 0.2) is 0 Å². The van der Waals surface area contributed by atoms with Crippen LogP contribution >= 0.6 is 0 Å². The minimum atomic E-state index is 1.11. The van der Waals surface area contributed by atoms with E-state index in [-0.39, 0.29) is 0 Å². The molecule has 0 saturated carbocycles. The molecule has 1 aromatic heterocycles. The highest BCUT2D eigenvalue weighted by atomic mass is 15.1. The number of hydrogen-bond donors (Lipinski definition) is 0. The van der Waals surface area contributed by atoms with Gasteiger partial charge in [-0.2, -0.15) is 0 Å². The Hall–Kier alpha value is -7.16. The van der Waals surface area contributed by atoms with Crippen molar-refractivity contribution in [2.24, 2.45) is 0 Å². The lowest BCUT2D eigenvalue weighted by molar-refractivity contribution is 1.14. The summed E-state index contributed by atoms with van der Waals surface area (Å²) in [6.45, 7) is 0. The molecule has 0 aliphatic heterocycles. The largest absolute Gasteiger partial charge is 0.310 e. The molecule has 54 heavy (non-hydrogen) atoms. The van der Waals surface area contributed by atoms with Gasteiger partial charge in [0.2, 0.25) is 0 Å². The number of aromatic nitrogens is 1. The summed E-state index contributed by atoms with van der Waals surface area (Å²) in [5.74, 6) is 0. The first-order valence-corrected chi connectivity index (χ1v) is 18.5. The maximum Gasteiger partial charge on any atom is 0.0619 e. The van der Waals surface area contributed by atoms with Crippen LogP contribution in [0.3, 0.4) is 0 Å². The summed E-state index contributed by atoms with van der Waals surface area (Å²) in [4.78, 5) is 2.39. The first kappa shape index (κ1) is 31.6. The van der Waals surface area contributed by atoms with Crippen LogP contribution in [0.2, 0.25) is 0 Å². The highest BCUT2D eigenvalue weighted by Gasteiger charge is 2.22. The van der Waals surface area contributed by atoms with Gasteiger partial charge in [0.1, 0.15) is 0 Å². The molecule has 0 N–H and O–H groups in total. The zero-order chi connectivity index (χ0) is 35.8. The van der Waals surface area contributed by atoms with Crippen molar-refractivity contribution in [2.75, 3.05) is 4.90 Å². The lowest BCUT2D eigenvalue weighted by atomic mass is 9.97. The van der Waals surface area contributed by atoms with E-state index < -0.39 is 0 Å². The van der Waals surface area contributed by atoms with Gasteiger partial charge in [-0.05, 0) is 86.9 Å². The zero-order valence-electron chi connectivity index (χ0n) is 29.7. The molecule has 254 valence electrons. The Labute approximate surface area is 315 Å². The van der Waals surface area contributed by atoms with E-state index in [4.69, 9.17) is 0 Å². The van der Waals surface area contributed by atoms with Crippen LogP contribution in [0.5, 0.6) is 0 Å². The van der Waals surface area contributed by atoms with Crippen molar-refractivity contribution in [1.82, 2.24) is 4.57 Å². The second kappa shape index (κ2) is 13.4. The quantitative estimate of drug-likeness (QED) is 0.162. The third-order valence-electron chi connectivity index (χ3n) is 10.6. The maximum absolute atomic E-state index is 2.44. The first-order valence-electron chi connectivity index (χ1n) is 18.5. The SMILES string of the molecule is c1ccc(-c2c(-c3ccccc3)n(-c3ccccc3)c3cc(-c4ccc(N(c5ccc6ccccc6c5)c5cccc6ccccc56)cc4)ccc23)cc1. The van der Waals surface area contributed by atoms with Gasteiger partial charge in [0, 0.05) is 33.4 Å². The minimum Gasteiger partial charge on any atom is -0.310 e. The van der Waals surface area contributed by atoms with E-state index in [1.807, 2.05) is 0 Å². The van der Waals surface area contributed by atoms with Crippen molar-refractivity contribution >= 4 is 49.5 Å². The molecule has 0 radical (unpaired) electrons. The van der Waals surface area contributed by atoms with E-state index in [9.17, 15) is 0 Å². The Bertz CT molecular complexity index is 2900. The molecule has 0 amide bonds. The van der Waals surface area contributed by atoms with Crippen LogP contribution in [0, 0.1) is 0 Å². The van der Waals surface area contributed by atoms with E-state index in [1.165, 1.54) is 66.0 Å². The smallest absolute Gasteiger partial charge is 0.0619 e. The summed E-state index contributed by atoms with van der Waals surface area (Å²) in [7, 11) is 0. The van der Waals surface area contributed by atoms with Crippen molar-refractivity contribution in [1.29, 1.82) is 0 Å². The lowest BCUT2D eigenvalue weighted by Crippen LogP contribution is -2.10. The van der Waals surface area contributed by atoms with Crippen LogP contribution in [0.4, 0.5) is 17.1 Å². The Kier molecular flexibility index (Phi) is 7.85. The number of benzene rings is 9. The standard InChI is InChI=1S/C52H36N2/c1-4-17-40(18-5-1)51-48-34-30-43(36-50(48)54(44-23-8-3-9-24-44)52(51)41-19-6-2-7-20-41)38-27-31-45(32-28-38)53(46-33-29-37-15-10-11-21-42(37)35-46)49-26-14-22-39-16-12-13-25-47(39)49/h1-36H. The maximum atomic E-state index is 2.44. The molecule has 0 aliphatic carbocycles. The third kappa shape index (κ3) is 5.53. The van der Waals surface area contributed by atoms with E-state index in [1.54, 1.807) is 0 Å². The summed E-state index contributed by atoms with van der Waals surface area (Å²) in [5.41, 5.74) is 12.9. The van der Waals surface area contributed by atoms with Crippen LogP contribution in [0.1, 0.15) is 0 Å². The molecular formula is C52H36N2. The van der Waals surface area contributed by atoms with E-state index in [0.717, 1.165) is 22.7 Å². The van der Waals surface area contributed by atoms with E-state index in [2.05, 4.69) is 228 Å². The molecule has 0 unspecified atom stereocenters. The molecule has 0 aliphatic rings. The van der Waals surface area contributed by atoms with Crippen LogP contribution in [0.25, 0.3) is 71.6 Å². The predicted octanol–water partition coefficient (Wildman–Crippen LogP) is 14.4. The van der Waals surface area contributed by atoms with Gasteiger partial charge in [0.25, 0.3) is 0 Å². The summed E-state index contributed by atoms with van der Waals surface area (Å²) in [6.07, 6.45) is 0.